The van der Waals surface area contributed by atoms with Crippen molar-refractivity contribution in [2.75, 3.05) is 5.32 Å². The fourth-order valence-corrected chi connectivity index (χ4v) is 1.63. The average molecular weight is 273 g/mol. The SMILES string of the molecule is CC(CCC(=O)O)Nc1cc(Cl)ccc1[N+](=O)[O-]. The zero-order valence-electron chi connectivity index (χ0n) is 9.72. The molecule has 0 aliphatic carbocycles. The number of carbonyl (C=O) groups is 1. The van der Waals surface area contributed by atoms with Gasteiger partial charge in [0.25, 0.3) is 5.69 Å². The monoisotopic (exact) mass is 272 g/mol. The second kappa shape index (κ2) is 6.20. The first-order valence-corrected chi connectivity index (χ1v) is 5.70. The molecule has 0 heterocycles. The van der Waals surface area contributed by atoms with Crippen LogP contribution in [0.5, 0.6) is 0 Å². The number of aliphatic carboxylic acids is 1. The van der Waals surface area contributed by atoms with E-state index in [1.165, 1.54) is 18.2 Å². The van der Waals surface area contributed by atoms with Crippen LogP contribution in [0.25, 0.3) is 0 Å². The number of rotatable bonds is 6. The number of carboxylic acids is 1. The predicted molar refractivity (Wildman–Crippen MR) is 68.1 cm³/mol. The Labute approximate surface area is 109 Å². The summed E-state index contributed by atoms with van der Waals surface area (Å²) in [6, 6.07) is 4.01. The van der Waals surface area contributed by atoms with E-state index in [0.717, 1.165) is 0 Å². The first-order valence-electron chi connectivity index (χ1n) is 5.32. The van der Waals surface area contributed by atoms with E-state index in [9.17, 15) is 14.9 Å². The van der Waals surface area contributed by atoms with Crippen LogP contribution in [0.15, 0.2) is 18.2 Å². The van der Waals surface area contributed by atoms with Gasteiger partial charge in [0.1, 0.15) is 5.69 Å². The fourth-order valence-electron chi connectivity index (χ4n) is 1.46. The minimum Gasteiger partial charge on any atom is -0.481 e. The molecule has 1 aromatic carbocycles. The fraction of sp³-hybridized carbons (Fsp3) is 0.364. The number of nitrogens with zero attached hydrogens (tertiary/aromatic N) is 1. The molecule has 0 radical (unpaired) electrons. The van der Waals surface area contributed by atoms with Crippen molar-refractivity contribution >= 4 is 28.9 Å². The molecule has 98 valence electrons. The molecule has 0 saturated heterocycles. The number of halogens is 1. The zero-order chi connectivity index (χ0) is 13.7. The highest BCUT2D eigenvalue weighted by Gasteiger charge is 2.16. The van der Waals surface area contributed by atoms with Crippen LogP contribution in [0.3, 0.4) is 0 Å². The summed E-state index contributed by atoms with van der Waals surface area (Å²) in [4.78, 5) is 20.7. The van der Waals surface area contributed by atoms with Crippen LogP contribution in [0.2, 0.25) is 5.02 Å². The molecule has 2 N–H and O–H groups in total. The molecule has 0 aliphatic rings. The van der Waals surface area contributed by atoms with Crippen LogP contribution in [-0.4, -0.2) is 22.0 Å². The molecular formula is C11H13ClN2O4. The van der Waals surface area contributed by atoms with Crippen molar-refractivity contribution in [2.24, 2.45) is 0 Å². The van der Waals surface area contributed by atoms with Crippen molar-refractivity contribution in [2.45, 2.75) is 25.8 Å². The lowest BCUT2D eigenvalue weighted by atomic mass is 10.1. The van der Waals surface area contributed by atoms with Gasteiger partial charge in [0, 0.05) is 23.6 Å². The number of carboxylic acid groups (broad SMARTS) is 1. The smallest absolute Gasteiger partial charge is 0.303 e. The Morgan fingerprint density at radius 3 is 2.83 bits per heavy atom. The van der Waals surface area contributed by atoms with Crippen LogP contribution < -0.4 is 5.32 Å². The molecule has 18 heavy (non-hydrogen) atoms. The number of hydrogen-bond acceptors (Lipinski definition) is 4. The van der Waals surface area contributed by atoms with E-state index in [1.807, 2.05) is 0 Å². The van der Waals surface area contributed by atoms with E-state index in [-0.39, 0.29) is 18.2 Å². The molecule has 0 saturated carbocycles. The Kier molecular flexibility index (Phi) is 4.91. The normalized spacial score (nSPS) is 11.9. The van der Waals surface area contributed by atoms with Gasteiger partial charge in [-0.2, -0.15) is 0 Å². The van der Waals surface area contributed by atoms with Gasteiger partial charge in [-0.15, -0.1) is 0 Å². The number of benzene rings is 1. The van der Waals surface area contributed by atoms with Crippen molar-refractivity contribution in [1.82, 2.24) is 0 Å². The molecule has 6 nitrogen and oxygen atoms in total. The highest BCUT2D eigenvalue weighted by atomic mass is 35.5. The van der Waals surface area contributed by atoms with Crippen molar-refractivity contribution < 1.29 is 14.8 Å². The Bertz CT molecular complexity index is 464. The lowest BCUT2D eigenvalue weighted by molar-refractivity contribution is -0.384. The molecule has 0 amide bonds. The van der Waals surface area contributed by atoms with Gasteiger partial charge in [-0.25, -0.2) is 0 Å². The van der Waals surface area contributed by atoms with Gasteiger partial charge in [0.2, 0.25) is 0 Å². The van der Waals surface area contributed by atoms with Crippen LogP contribution >= 0.6 is 11.6 Å². The van der Waals surface area contributed by atoms with Gasteiger partial charge in [-0.1, -0.05) is 11.6 Å². The molecule has 0 aromatic heterocycles. The maximum absolute atomic E-state index is 10.8. The van der Waals surface area contributed by atoms with Crippen LogP contribution in [0.1, 0.15) is 19.8 Å². The lowest BCUT2D eigenvalue weighted by Crippen LogP contribution is -2.17. The molecule has 1 aromatic rings. The highest BCUT2D eigenvalue weighted by Crippen LogP contribution is 2.28. The maximum atomic E-state index is 10.8. The van der Waals surface area contributed by atoms with Crippen molar-refractivity contribution in [3.63, 3.8) is 0 Å². The van der Waals surface area contributed by atoms with Gasteiger partial charge >= 0.3 is 5.97 Å². The average Bonchev–Trinajstić information content (AvgIpc) is 2.26. The number of nitro groups is 1. The quantitative estimate of drug-likeness (QED) is 0.613. The van der Waals surface area contributed by atoms with E-state index in [1.54, 1.807) is 6.92 Å². The van der Waals surface area contributed by atoms with E-state index in [0.29, 0.717) is 17.1 Å². The largest absolute Gasteiger partial charge is 0.481 e. The molecule has 1 atom stereocenters. The van der Waals surface area contributed by atoms with E-state index in [4.69, 9.17) is 16.7 Å². The summed E-state index contributed by atoms with van der Waals surface area (Å²) in [6.07, 6.45) is 0.377. The number of hydrogen-bond donors (Lipinski definition) is 2. The summed E-state index contributed by atoms with van der Waals surface area (Å²) in [5, 5.41) is 22.6. The van der Waals surface area contributed by atoms with Crippen LogP contribution in [0.4, 0.5) is 11.4 Å². The van der Waals surface area contributed by atoms with E-state index >= 15 is 0 Å². The van der Waals surface area contributed by atoms with Gasteiger partial charge in [0.05, 0.1) is 4.92 Å². The van der Waals surface area contributed by atoms with E-state index in [2.05, 4.69) is 5.32 Å². The third-order valence-electron chi connectivity index (χ3n) is 2.35. The summed E-state index contributed by atoms with van der Waals surface area (Å²) in [5.41, 5.74) is 0.215. The van der Waals surface area contributed by atoms with Gasteiger partial charge in [0.15, 0.2) is 0 Å². The van der Waals surface area contributed by atoms with Crippen LogP contribution in [-0.2, 0) is 4.79 Å². The lowest BCUT2D eigenvalue weighted by Gasteiger charge is -2.14. The van der Waals surface area contributed by atoms with Gasteiger partial charge < -0.3 is 10.4 Å². The maximum Gasteiger partial charge on any atom is 0.303 e. The number of nitro benzene ring substituents is 1. The summed E-state index contributed by atoms with van der Waals surface area (Å²) >= 11 is 5.78. The molecule has 0 fully saturated rings. The highest BCUT2D eigenvalue weighted by molar-refractivity contribution is 6.31. The van der Waals surface area contributed by atoms with Gasteiger partial charge in [-0.3, -0.25) is 14.9 Å². The summed E-state index contributed by atoms with van der Waals surface area (Å²) in [6.45, 7) is 1.76. The molecule has 7 heteroatoms. The number of anilines is 1. The second-order valence-corrected chi connectivity index (χ2v) is 4.33. The standard InChI is InChI=1S/C11H13ClN2O4/c1-7(2-5-11(15)16)13-9-6-8(12)3-4-10(9)14(17)18/h3-4,6-7,13H,2,5H2,1H3,(H,15,16). The first-order chi connectivity index (χ1) is 8.40. The molecule has 0 aliphatic heterocycles. The predicted octanol–water partition coefficient (Wildman–Crippen LogP) is 2.91. The minimum atomic E-state index is -0.899. The topological polar surface area (TPSA) is 92.5 Å². The first kappa shape index (κ1) is 14.2. The van der Waals surface area contributed by atoms with Crippen molar-refractivity contribution in [3.05, 3.63) is 33.3 Å². The molecule has 1 unspecified atom stereocenters. The molecule has 1 rings (SSSR count). The van der Waals surface area contributed by atoms with Gasteiger partial charge in [-0.05, 0) is 25.5 Å². The third kappa shape index (κ3) is 4.21. The molecule has 0 spiro atoms. The second-order valence-electron chi connectivity index (χ2n) is 3.90. The Morgan fingerprint density at radius 2 is 2.28 bits per heavy atom. The van der Waals surface area contributed by atoms with Crippen LogP contribution in [0, 0.1) is 10.1 Å². The summed E-state index contributed by atoms with van der Waals surface area (Å²) in [5.74, 6) is -0.899. The molecule has 0 bridgehead atoms. The minimum absolute atomic E-state index is 0.00251. The van der Waals surface area contributed by atoms with Crippen molar-refractivity contribution in [3.8, 4) is 0 Å². The van der Waals surface area contributed by atoms with E-state index < -0.39 is 10.9 Å². The zero-order valence-corrected chi connectivity index (χ0v) is 10.5. The number of nitrogens with one attached hydrogen (secondary N) is 1. The molecular weight excluding hydrogens is 260 g/mol. The Balaban J connectivity index is 2.79. The Morgan fingerprint density at radius 1 is 1.61 bits per heavy atom. The third-order valence-corrected chi connectivity index (χ3v) is 2.58. The Hall–Kier alpha value is -1.82. The summed E-state index contributed by atoms with van der Waals surface area (Å²) in [7, 11) is 0. The summed E-state index contributed by atoms with van der Waals surface area (Å²) < 4.78 is 0. The van der Waals surface area contributed by atoms with Crippen molar-refractivity contribution in [1.29, 1.82) is 0 Å².